The zero-order valence-electron chi connectivity index (χ0n) is 7.71. The molecule has 72 valence electrons. The lowest BCUT2D eigenvalue weighted by Gasteiger charge is -2.18. The molecule has 0 aromatic carbocycles. The lowest BCUT2D eigenvalue weighted by atomic mass is 10.0. The summed E-state index contributed by atoms with van der Waals surface area (Å²) < 4.78 is 0. The van der Waals surface area contributed by atoms with E-state index in [1.54, 1.807) is 0 Å². The van der Waals surface area contributed by atoms with Gasteiger partial charge < -0.3 is 10.6 Å². The van der Waals surface area contributed by atoms with Crippen molar-refractivity contribution in [1.29, 1.82) is 0 Å². The average molecular weight is 188 g/mol. The van der Waals surface area contributed by atoms with Crippen molar-refractivity contribution in [2.24, 2.45) is 11.7 Å². The predicted octanol–water partition coefficient (Wildman–Crippen LogP) is 0.977. The van der Waals surface area contributed by atoms with Crippen molar-refractivity contribution in [2.45, 2.75) is 19.3 Å². The van der Waals surface area contributed by atoms with Crippen molar-refractivity contribution in [2.75, 3.05) is 31.9 Å². The first kappa shape index (κ1) is 10.4. The minimum absolute atomic E-state index is 0.773. The van der Waals surface area contributed by atoms with E-state index in [-0.39, 0.29) is 0 Å². The van der Waals surface area contributed by atoms with E-state index in [9.17, 15) is 0 Å². The molecule has 1 unspecified atom stereocenters. The molecule has 1 fully saturated rings. The molecule has 1 atom stereocenters. The van der Waals surface area contributed by atoms with Gasteiger partial charge in [0.05, 0.1) is 0 Å². The van der Waals surface area contributed by atoms with Crippen molar-refractivity contribution in [3.63, 3.8) is 0 Å². The van der Waals surface area contributed by atoms with Crippen LogP contribution in [0.2, 0.25) is 0 Å². The van der Waals surface area contributed by atoms with Crippen LogP contribution < -0.4 is 5.73 Å². The van der Waals surface area contributed by atoms with Crippen molar-refractivity contribution in [3.8, 4) is 0 Å². The van der Waals surface area contributed by atoms with Crippen molar-refractivity contribution >= 4 is 12.6 Å². The quantitative estimate of drug-likeness (QED) is 0.647. The zero-order valence-corrected chi connectivity index (χ0v) is 8.60. The van der Waals surface area contributed by atoms with Crippen LogP contribution in [0.3, 0.4) is 0 Å². The third-order valence-electron chi connectivity index (χ3n) is 2.69. The number of hydrogen-bond donors (Lipinski definition) is 2. The lowest BCUT2D eigenvalue weighted by Crippen LogP contribution is -2.27. The number of thiol groups is 1. The number of nitrogens with two attached hydrogens (primary N) is 1. The Morgan fingerprint density at radius 2 is 2.17 bits per heavy atom. The summed E-state index contributed by atoms with van der Waals surface area (Å²) in [7, 11) is 0. The maximum absolute atomic E-state index is 5.66. The number of rotatable bonds is 3. The van der Waals surface area contributed by atoms with E-state index in [1.165, 1.54) is 32.4 Å². The van der Waals surface area contributed by atoms with Crippen LogP contribution in [-0.2, 0) is 0 Å². The molecule has 0 bridgehead atoms. The number of nitrogens with zero attached hydrogens (tertiary/aromatic N) is 1. The molecule has 0 radical (unpaired) electrons. The van der Waals surface area contributed by atoms with Gasteiger partial charge in [0.25, 0.3) is 0 Å². The summed E-state index contributed by atoms with van der Waals surface area (Å²) >= 11 is 4.24. The van der Waals surface area contributed by atoms with Gasteiger partial charge in [-0.05, 0) is 44.8 Å². The molecule has 1 heterocycles. The molecule has 2 nitrogen and oxygen atoms in total. The lowest BCUT2D eigenvalue weighted by molar-refractivity contribution is 0.299. The molecular weight excluding hydrogens is 168 g/mol. The normalized spacial score (nSPS) is 27.0. The summed E-state index contributed by atoms with van der Waals surface area (Å²) in [5, 5.41) is 0. The first-order valence-electron chi connectivity index (χ1n) is 4.90. The fourth-order valence-electron chi connectivity index (χ4n) is 1.83. The Morgan fingerprint density at radius 1 is 1.33 bits per heavy atom. The Bertz CT molecular complexity index is 119. The smallest absolute Gasteiger partial charge is 0.00698 e. The molecule has 0 aliphatic carbocycles. The Balaban J connectivity index is 2.24. The third kappa shape index (κ3) is 3.33. The van der Waals surface area contributed by atoms with Crippen LogP contribution in [-0.4, -0.2) is 36.8 Å². The second-order valence-electron chi connectivity index (χ2n) is 3.60. The molecule has 0 amide bonds. The second-order valence-corrected chi connectivity index (χ2v) is 4.05. The van der Waals surface area contributed by atoms with Crippen LogP contribution in [0.4, 0.5) is 0 Å². The summed E-state index contributed by atoms with van der Waals surface area (Å²) in [6.07, 6.45) is 3.92. The highest BCUT2D eigenvalue weighted by Crippen LogP contribution is 2.15. The fourth-order valence-corrected chi connectivity index (χ4v) is 2.11. The molecule has 2 N–H and O–H groups in total. The van der Waals surface area contributed by atoms with E-state index >= 15 is 0 Å². The summed E-state index contributed by atoms with van der Waals surface area (Å²) in [6, 6.07) is 0. The van der Waals surface area contributed by atoms with Gasteiger partial charge >= 0.3 is 0 Å². The highest BCUT2D eigenvalue weighted by molar-refractivity contribution is 7.80. The Morgan fingerprint density at radius 3 is 2.83 bits per heavy atom. The van der Waals surface area contributed by atoms with E-state index in [0.717, 1.165) is 24.8 Å². The Hall–Kier alpha value is 0.270. The SMILES string of the molecule is NCC1CCCN(CCS)CC1. The first-order valence-corrected chi connectivity index (χ1v) is 5.53. The van der Waals surface area contributed by atoms with Crippen LogP contribution in [0, 0.1) is 5.92 Å². The molecule has 1 saturated heterocycles. The molecule has 0 spiro atoms. The van der Waals surface area contributed by atoms with Crippen LogP contribution in [0.1, 0.15) is 19.3 Å². The molecule has 0 aromatic rings. The zero-order chi connectivity index (χ0) is 8.81. The van der Waals surface area contributed by atoms with E-state index in [1.807, 2.05) is 0 Å². The molecule has 1 aliphatic rings. The van der Waals surface area contributed by atoms with Gasteiger partial charge in [0, 0.05) is 12.3 Å². The van der Waals surface area contributed by atoms with Gasteiger partial charge in [-0.2, -0.15) is 12.6 Å². The van der Waals surface area contributed by atoms with Crippen molar-refractivity contribution < 1.29 is 0 Å². The van der Waals surface area contributed by atoms with Gasteiger partial charge in [-0.25, -0.2) is 0 Å². The predicted molar refractivity (Wildman–Crippen MR) is 56.7 cm³/mol. The number of likely N-dealkylation sites (tertiary alicyclic amines) is 1. The van der Waals surface area contributed by atoms with E-state index in [4.69, 9.17) is 5.73 Å². The van der Waals surface area contributed by atoms with Crippen molar-refractivity contribution in [3.05, 3.63) is 0 Å². The van der Waals surface area contributed by atoms with Crippen LogP contribution in [0.5, 0.6) is 0 Å². The first-order chi connectivity index (χ1) is 5.86. The summed E-state index contributed by atoms with van der Waals surface area (Å²) in [5.74, 6) is 1.75. The molecule has 1 rings (SSSR count). The largest absolute Gasteiger partial charge is 0.330 e. The summed E-state index contributed by atoms with van der Waals surface area (Å²) in [4.78, 5) is 2.50. The highest BCUT2D eigenvalue weighted by atomic mass is 32.1. The van der Waals surface area contributed by atoms with Gasteiger partial charge in [0.2, 0.25) is 0 Å². The summed E-state index contributed by atoms with van der Waals surface area (Å²) in [6.45, 7) is 4.48. The standard InChI is InChI=1S/C9H20N2S/c10-8-9-2-1-4-11(5-3-9)6-7-12/h9,12H,1-8,10H2. The van der Waals surface area contributed by atoms with Gasteiger partial charge in [0.15, 0.2) is 0 Å². The highest BCUT2D eigenvalue weighted by Gasteiger charge is 2.14. The van der Waals surface area contributed by atoms with Crippen LogP contribution >= 0.6 is 12.6 Å². The summed E-state index contributed by atoms with van der Waals surface area (Å²) in [5.41, 5.74) is 5.66. The minimum atomic E-state index is 0.773. The molecule has 0 saturated carbocycles. The maximum Gasteiger partial charge on any atom is 0.00698 e. The Kier molecular flexibility index (Phi) is 5.04. The van der Waals surface area contributed by atoms with E-state index in [0.29, 0.717) is 0 Å². The van der Waals surface area contributed by atoms with Crippen LogP contribution in [0.25, 0.3) is 0 Å². The molecular formula is C9H20N2S. The van der Waals surface area contributed by atoms with Gasteiger partial charge in [-0.1, -0.05) is 0 Å². The molecule has 12 heavy (non-hydrogen) atoms. The van der Waals surface area contributed by atoms with Gasteiger partial charge in [-0.15, -0.1) is 0 Å². The van der Waals surface area contributed by atoms with E-state index in [2.05, 4.69) is 17.5 Å². The average Bonchev–Trinajstić information content (AvgIpc) is 2.31. The maximum atomic E-state index is 5.66. The molecule has 0 aromatic heterocycles. The van der Waals surface area contributed by atoms with Crippen molar-refractivity contribution in [1.82, 2.24) is 4.90 Å². The Labute approximate surface area is 80.9 Å². The topological polar surface area (TPSA) is 29.3 Å². The van der Waals surface area contributed by atoms with Crippen LogP contribution in [0.15, 0.2) is 0 Å². The van der Waals surface area contributed by atoms with E-state index < -0.39 is 0 Å². The molecule has 1 aliphatic heterocycles. The van der Waals surface area contributed by atoms with Gasteiger partial charge in [-0.3, -0.25) is 0 Å². The number of hydrogen-bond acceptors (Lipinski definition) is 3. The van der Waals surface area contributed by atoms with Gasteiger partial charge in [0.1, 0.15) is 0 Å². The minimum Gasteiger partial charge on any atom is -0.330 e. The monoisotopic (exact) mass is 188 g/mol. The third-order valence-corrected chi connectivity index (χ3v) is 2.89. The second kappa shape index (κ2) is 5.84. The fraction of sp³-hybridized carbons (Fsp3) is 1.00. The molecule has 3 heteroatoms.